The minimum Gasteiger partial charge on any atom is -0.352 e. The molecule has 2 aliphatic rings. The van der Waals surface area contributed by atoms with Gasteiger partial charge in [-0.05, 0) is 44.2 Å². The summed E-state index contributed by atoms with van der Waals surface area (Å²) in [6, 6.07) is 0.127. The second kappa shape index (κ2) is 7.07. The lowest BCUT2D eigenvalue weighted by Gasteiger charge is -2.31. The van der Waals surface area contributed by atoms with E-state index in [9.17, 15) is 9.59 Å². The lowest BCUT2D eigenvalue weighted by atomic mass is 9.85. The number of carbonyl (C=O) groups is 2. The molecule has 20 heavy (non-hydrogen) atoms. The maximum absolute atomic E-state index is 12.1. The van der Waals surface area contributed by atoms with Crippen LogP contribution in [0.1, 0.15) is 39.0 Å². The number of rotatable bonds is 4. The number of hydrogen-bond donors (Lipinski definition) is 2. The second-order valence-corrected chi connectivity index (χ2v) is 6.37. The Kier molecular flexibility index (Phi) is 5.40. The van der Waals surface area contributed by atoms with Gasteiger partial charge in [0.2, 0.25) is 11.8 Å². The largest absolute Gasteiger partial charge is 0.352 e. The minimum atomic E-state index is 0.127. The number of hydrogen-bond acceptors (Lipinski definition) is 3. The molecular weight excluding hydrogens is 254 g/mol. The monoisotopic (exact) mass is 281 g/mol. The Morgan fingerprint density at radius 1 is 1.50 bits per heavy atom. The van der Waals surface area contributed by atoms with Gasteiger partial charge in [0.25, 0.3) is 0 Å². The summed E-state index contributed by atoms with van der Waals surface area (Å²) >= 11 is 0. The van der Waals surface area contributed by atoms with Crippen LogP contribution in [-0.2, 0) is 9.59 Å². The summed E-state index contributed by atoms with van der Waals surface area (Å²) in [5.74, 6) is 1.35. The van der Waals surface area contributed by atoms with Crippen LogP contribution >= 0.6 is 0 Å². The maximum atomic E-state index is 12.1. The van der Waals surface area contributed by atoms with Crippen molar-refractivity contribution in [3.63, 3.8) is 0 Å². The molecule has 0 aromatic rings. The van der Waals surface area contributed by atoms with Gasteiger partial charge in [0.1, 0.15) is 0 Å². The highest BCUT2D eigenvalue weighted by Crippen LogP contribution is 2.22. The Balaban J connectivity index is 1.73. The van der Waals surface area contributed by atoms with Gasteiger partial charge in [-0.15, -0.1) is 0 Å². The van der Waals surface area contributed by atoms with E-state index in [1.165, 1.54) is 12.8 Å². The van der Waals surface area contributed by atoms with Crippen molar-refractivity contribution in [2.75, 3.05) is 26.7 Å². The number of carbonyl (C=O) groups excluding carboxylic acids is 2. The molecule has 5 nitrogen and oxygen atoms in total. The molecule has 0 aliphatic carbocycles. The van der Waals surface area contributed by atoms with Crippen LogP contribution in [0.25, 0.3) is 0 Å². The number of nitrogens with zero attached hydrogens (tertiary/aromatic N) is 1. The Hall–Kier alpha value is -1.10. The number of amides is 2. The van der Waals surface area contributed by atoms with Gasteiger partial charge in [-0.25, -0.2) is 0 Å². The van der Waals surface area contributed by atoms with Crippen LogP contribution in [0.3, 0.4) is 0 Å². The number of piperidine rings is 2. The molecular formula is C15H27N3O2. The summed E-state index contributed by atoms with van der Waals surface area (Å²) < 4.78 is 0. The first-order valence-electron chi connectivity index (χ1n) is 7.80. The van der Waals surface area contributed by atoms with Gasteiger partial charge in [0.05, 0.1) is 0 Å². The maximum Gasteiger partial charge on any atom is 0.222 e. The van der Waals surface area contributed by atoms with Crippen molar-refractivity contribution in [2.24, 2.45) is 11.8 Å². The zero-order valence-electron chi connectivity index (χ0n) is 12.7. The average molecular weight is 281 g/mol. The third-order valence-electron chi connectivity index (χ3n) is 4.64. The molecule has 0 saturated carbocycles. The van der Waals surface area contributed by atoms with Gasteiger partial charge < -0.3 is 15.5 Å². The lowest BCUT2D eigenvalue weighted by Crippen LogP contribution is -2.49. The van der Waals surface area contributed by atoms with E-state index in [4.69, 9.17) is 0 Å². The van der Waals surface area contributed by atoms with Gasteiger partial charge in [-0.1, -0.05) is 6.92 Å². The standard InChI is InChI=1S/C15H27N3O2/c1-11(12-4-3-7-16-9-12)8-14(19)17-13-5-6-15(20)18(2)10-13/h11-13,16H,3-10H2,1-2H3,(H,17,19). The molecule has 5 heteroatoms. The molecule has 2 rings (SSSR count). The summed E-state index contributed by atoms with van der Waals surface area (Å²) in [5.41, 5.74) is 0. The first-order chi connectivity index (χ1) is 9.56. The van der Waals surface area contributed by atoms with Crippen LogP contribution in [0.15, 0.2) is 0 Å². The van der Waals surface area contributed by atoms with E-state index in [0.29, 0.717) is 31.2 Å². The Morgan fingerprint density at radius 2 is 2.30 bits per heavy atom. The molecule has 0 aromatic heterocycles. The molecule has 0 radical (unpaired) electrons. The molecule has 2 fully saturated rings. The summed E-state index contributed by atoms with van der Waals surface area (Å²) in [6.45, 7) is 4.96. The zero-order valence-corrected chi connectivity index (χ0v) is 12.7. The molecule has 2 saturated heterocycles. The summed E-state index contributed by atoms with van der Waals surface area (Å²) in [5, 5.41) is 6.49. The van der Waals surface area contributed by atoms with E-state index < -0.39 is 0 Å². The van der Waals surface area contributed by atoms with Gasteiger partial charge in [-0.2, -0.15) is 0 Å². The molecule has 2 N–H and O–H groups in total. The van der Waals surface area contributed by atoms with Crippen molar-refractivity contribution in [2.45, 2.75) is 45.1 Å². The molecule has 3 unspecified atom stereocenters. The average Bonchev–Trinajstić information content (AvgIpc) is 2.44. The van der Waals surface area contributed by atoms with Gasteiger partial charge in [-0.3, -0.25) is 9.59 Å². The van der Waals surface area contributed by atoms with E-state index in [1.807, 2.05) is 0 Å². The van der Waals surface area contributed by atoms with Crippen LogP contribution in [0.5, 0.6) is 0 Å². The minimum absolute atomic E-state index is 0.127. The number of nitrogens with one attached hydrogen (secondary N) is 2. The fourth-order valence-corrected chi connectivity index (χ4v) is 3.24. The predicted molar refractivity (Wildman–Crippen MR) is 78.2 cm³/mol. The van der Waals surface area contributed by atoms with Crippen molar-refractivity contribution in [3.05, 3.63) is 0 Å². The summed E-state index contributed by atoms with van der Waals surface area (Å²) in [7, 11) is 1.80. The SMILES string of the molecule is CC(CC(=O)NC1CCC(=O)N(C)C1)C1CCCNC1. The van der Waals surface area contributed by atoms with Crippen LogP contribution in [0.2, 0.25) is 0 Å². The molecule has 2 heterocycles. The smallest absolute Gasteiger partial charge is 0.222 e. The van der Waals surface area contributed by atoms with E-state index in [1.54, 1.807) is 11.9 Å². The van der Waals surface area contributed by atoms with Crippen LogP contribution in [-0.4, -0.2) is 49.4 Å². The fourth-order valence-electron chi connectivity index (χ4n) is 3.24. The van der Waals surface area contributed by atoms with Crippen LogP contribution in [0.4, 0.5) is 0 Å². The number of likely N-dealkylation sites (N-methyl/N-ethyl adjacent to an activating group) is 1. The van der Waals surface area contributed by atoms with Gasteiger partial charge in [0, 0.05) is 32.5 Å². The van der Waals surface area contributed by atoms with Crippen molar-refractivity contribution in [1.29, 1.82) is 0 Å². The second-order valence-electron chi connectivity index (χ2n) is 6.37. The Morgan fingerprint density at radius 3 is 2.95 bits per heavy atom. The predicted octanol–water partition coefficient (Wildman–Crippen LogP) is 0.749. The Labute approximate surface area is 121 Å². The summed E-state index contributed by atoms with van der Waals surface area (Å²) in [4.78, 5) is 25.2. The van der Waals surface area contributed by atoms with Crippen molar-refractivity contribution in [1.82, 2.24) is 15.5 Å². The lowest BCUT2D eigenvalue weighted by molar-refractivity contribution is -0.134. The molecule has 2 amide bonds. The van der Waals surface area contributed by atoms with Crippen molar-refractivity contribution < 1.29 is 9.59 Å². The fraction of sp³-hybridized carbons (Fsp3) is 0.867. The molecule has 0 aromatic carbocycles. The summed E-state index contributed by atoms with van der Waals surface area (Å²) in [6.07, 6.45) is 4.35. The van der Waals surface area contributed by atoms with Crippen LogP contribution in [0, 0.1) is 11.8 Å². The quantitative estimate of drug-likeness (QED) is 0.799. The van der Waals surface area contributed by atoms with E-state index >= 15 is 0 Å². The highest BCUT2D eigenvalue weighted by molar-refractivity contribution is 5.79. The normalized spacial score (nSPS) is 29.1. The zero-order chi connectivity index (χ0) is 14.5. The van der Waals surface area contributed by atoms with E-state index in [2.05, 4.69) is 17.6 Å². The number of likely N-dealkylation sites (tertiary alicyclic amines) is 1. The molecule has 114 valence electrons. The topological polar surface area (TPSA) is 61.4 Å². The van der Waals surface area contributed by atoms with Crippen molar-refractivity contribution >= 4 is 11.8 Å². The first-order valence-corrected chi connectivity index (χ1v) is 7.80. The third kappa shape index (κ3) is 4.20. The van der Waals surface area contributed by atoms with Gasteiger partial charge >= 0.3 is 0 Å². The molecule has 0 spiro atoms. The van der Waals surface area contributed by atoms with Gasteiger partial charge in [0.15, 0.2) is 0 Å². The molecule has 0 bridgehead atoms. The molecule has 2 aliphatic heterocycles. The first kappa shape index (κ1) is 15.3. The highest BCUT2D eigenvalue weighted by atomic mass is 16.2. The van der Waals surface area contributed by atoms with E-state index in [0.717, 1.165) is 19.5 Å². The molecule has 3 atom stereocenters. The highest BCUT2D eigenvalue weighted by Gasteiger charge is 2.26. The Bertz CT molecular complexity index is 353. The van der Waals surface area contributed by atoms with Crippen LogP contribution < -0.4 is 10.6 Å². The van der Waals surface area contributed by atoms with Crippen molar-refractivity contribution in [3.8, 4) is 0 Å². The third-order valence-corrected chi connectivity index (χ3v) is 4.64. The van der Waals surface area contributed by atoms with E-state index in [-0.39, 0.29) is 17.9 Å².